The van der Waals surface area contributed by atoms with E-state index in [1.54, 1.807) is 0 Å². The monoisotopic (exact) mass is 292 g/mol. The van der Waals surface area contributed by atoms with Crippen LogP contribution >= 0.6 is 0 Å². The van der Waals surface area contributed by atoms with Crippen LogP contribution < -0.4 is 10.6 Å². The summed E-state index contributed by atoms with van der Waals surface area (Å²) in [5, 5.41) is 5.55. The number of nitrogens with one attached hydrogen (secondary N) is 2. The van der Waals surface area contributed by atoms with Crippen molar-refractivity contribution in [3.8, 4) is 0 Å². The summed E-state index contributed by atoms with van der Waals surface area (Å²) in [6, 6.07) is 0.892. The van der Waals surface area contributed by atoms with Gasteiger partial charge in [0.2, 0.25) is 5.95 Å². The molecular weight excluding hydrogens is 273 g/mol. The lowest BCUT2D eigenvalue weighted by Gasteiger charge is -2.12. The molecule has 0 atom stereocenters. The highest BCUT2D eigenvalue weighted by atomic mass is 19.4. The third-order valence-corrected chi connectivity index (χ3v) is 2.31. The van der Waals surface area contributed by atoms with Crippen molar-refractivity contribution in [3.05, 3.63) is 11.8 Å². The highest BCUT2D eigenvalue weighted by Gasteiger charge is 2.33. The van der Waals surface area contributed by atoms with E-state index >= 15 is 0 Å². The van der Waals surface area contributed by atoms with Gasteiger partial charge in [-0.2, -0.15) is 18.2 Å². The molecule has 0 aliphatic heterocycles. The molecule has 1 heterocycles. The van der Waals surface area contributed by atoms with Crippen LogP contribution in [0.25, 0.3) is 0 Å². The van der Waals surface area contributed by atoms with Gasteiger partial charge in [0.25, 0.3) is 0 Å². The summed E-state index contributed by atoms with van der Waals surface area (Å²) < 4.78 is 43.3. The van der Waals surface area contributed by atoms with Crippen LogP contribution in [0.15, 0.2) is 6.07 Å². The number of nitrogens with zero attached hydrogens (tertiary/aromatic N) is 2. The summed E-state index contributed by atoms with van der Waals surface area (Å²) in [7, 11) is 0. The van der Waals surface area contributed by atoms with Crippen LogP contribution in [0.3, 0.4) is 0 Å². The van der Waals surface area contributed by atoms with Gasteiger partial charge in [-0.1, -0.05) is 6.92 Å². The Balaban J connectivity index is 2.80. The maximum absolute atomic E-state index is 12.7. The fourth-order valence-electron chi connectivity index (χ4n) is 1.39. The molecule has 0 aliphatic rings. The number of aromatic nitrogens is 2. The van der Waals surface area contributed by atoms with E-state index in [2.05, 4.69) is 20.6 Å². The van der Waals surface area contributed by atoms with Crippen molar-refractivity contribution in [2.45, 2.75) is 26.4 Å². The lowest BCUT2D eigenvalue weighted by atomic mass is 10.3. The minimum atomic E-state index is -4.50. The average molecular weight is 292 g/mol. The van der Waals surface area contributed by atoms with Gasteiger partial charge in [0.1, 0.15) is 5.82 Å². The second-order valence-corrected chi connectivity index (χ2v) is 4.01. The second-order valence-electron chi connectivity index (χ2n) is 4.01. The number of ether oxygens (including phenoxy) is 1. The minimum absolute atomic E-state index is 0.0272. The van der Waals surface area contributed by atoms with Crippen LogP contribution in [0, 0.1) is 0 Å². The van der Waals surface area contributed by atoms with Crippen molar-refractivity contribution < 1.29 is 17.9 Å². The van der Waals surface area contributed by atoms with Crippen LogP contribution in [0.5, 0.6) is 0 Å². The Kier molecular flexibility index (Phi) is 6.50. The molecule has 8 heteroatoms. The summed E-state index contributed by atoms with van der Waals surface area (Å²) in [4.78, 5) is 7.46. The van der Waals surface area contributed by atoms with E-state index in [1.165, 1.54) is 0 Å². The van der Waals surface area contributed by atoms with E-state index in [4.69, 9.17) is 4.74 Å². The van der Waals surface area contributed by atoms with Gasteiger partial charge in [0.05, 0.1) is 6.61 Å². The summed E-state index contributed by atoms with van der Waals surface area (Å²) in [6.07, 6.45) is -3.73. The molecule has 2 N–H and O–H groups in total. The summed E-state index contributed by atoms with van der Waals surface area (Å²) in [5.41, 5.74) is -0.968. The molecular formula is C12H19F3N4O. The first-order chi connectivity index (χ1) is 9.47. The molecule has 0 radical (unpaired) electrons. The summed E-state index contributed by atoms with van der Waals surface area (Å²) in [5.74, 6) is 0.103. The molecule has 1 aromatic heterocycles. The maximum atomic E-state index is 12.7. The van der Waals surface area contributed by atoms with Gasteiger partial charge in [-0.25, -0.2) is 4.98 Å². The molecule has 20 heavy (non-hydrogen) atoms. The molecule has 0 spiro atoms. The van der Waals surface area contributed by atoms with Crippen molar-refractivity contribution in [1.82, 2.24) is 9.97 Å². The van der Waals surface area contributed by atoms with Crippen molar-refractivity contribution in [1.29, 1.82) is 0 Å². The van der Waals surface area contributed by atoms with E-state index in [-0.39, 0.29) is 11.8 Å². The van der Waals surface area contributed by atoms with Crippen molar-refractivity contribution >= 4 is 11.8 Å². The predicted molar refractivity (Wildman–Crippen MR) is 70.8 cm³/mol. The van der Waals surface area contributed by atoms with E-state index in [1.807, 2.05) is 13.8 Å². The third-order valence-electron chi connectivity index (χ3n) is 2.31. The zero-order valence-corrected chi connectivity index (χ0v) is 11.5. The molecule has 0 bridgehead atoms. The smallest absolute Gasteiger partial charge is 0.380 e. The molecule has 0 aromatic carbocycles. The molecule has 5 nitrogen and oxygen atoms in total. The molecule has 114 valence electrons. The Labute approximate surface area is 116 Å². The van der Waals surface area contributed by atoms with Crippen LogP contribution in [-0.4, -0.2) is 36.3 Å². The van der Waals surface area contributed by atoms with Crippen LogP contribution in [0.1, 0.15) is 26.0 Å². The Bertz CT molecular complexity index is 412. The molecule has 0 saturated heterocycles. The molecule has 0 amide bonds. The van der Waals surface area contributed by atoms with Gasteiger partial charge in [-0.15, -0.1) is 0 Å². The van der Waals surface area contributed by atoms with Gasteiger partial charge >= 0.3 is 6.18 Å². The van der Waals surface area contributed by atoms with Crippen molar-refractivity contribution in [2.75, 3.05) is 36.9 Å². The minimum Gasteiger partial charge on any atom is -0.380 e. The number of anilines is 2. The zero-order valence-electron chi connectivity index (χ0n) is 11.5. The molecule has 0 fully saturated rings. The van der Waals surface area contributed by atoms with Gasteiger partial charge in [-0.3, -0.25) is 0 Å². The fourth-order valence-corrected chi connectivity index (χ4v) is 1.39. The second kappa shape index (κ2) is 7.88. The largest absolute Gasteiger partial charge is 0.433 e. The molecule has 1 rings (SSSR count). The normalized spacial score (nSPS) is 11.4. The van der Waals surface area contributed by atoms with Gasteiger partial charge in [0, 0.05) is 25.8 Å². The lowest BCUT2D eigenvalue weighted by molar-refractivity contribution is -0.141. The van der Waals surface area contributed by atoms with Gasteiger partial charge in [-0.05, 0) is 13.3 Å². The maximum Gasteiger partial charge on any atom is 0.433 e. The number of hydrogen-bond donors (Lipinski definition) is 2. The highest BCUT2D eigenvalue weighted by molar-refractivity contribution is 5.43. The van der Waals surface area contributed by atoms with E-state index in [0.29, 0.717) is 26.3 Å². The van der Waals surface area contributed by atoms with Gasteiger partial charge in [0.15, 0.2) is 5.69 Å². The van der Waals surface area contributed by atoms with Crippen LogP contribution in [0.2, 0.25) is 0 Å². The van der Waals surface area contributed by atoms with E-state index in [0.717, 1.165) is 12.5 Å². The highest BCUT2D eigenvalue weighted by Crippen LogP contribution is 2.29. The first-order valence-electron chi connectivity index (χ1n) is 6.49. The van der Waals surface area contributed by atoms with Gasteiger partial charge < -0.3 is 15.4 Å². The quantitative estimate of drug-likeness (QED) is 0.722. The molecule has 0 unspecified atom stereocenters. The SMILES string of the molecule is CCCNc1nc(NCCOCC)cc(C(F)(F)F)n1. The van der Waals surface area contributed by atoms with Crippen molar-refractivity contribution in [3.63, 3.8) is 0 Å². The Morgan fingerprint density at radius 2 is 1.90 bits per heavy atom. The first-order valence-corrected chi connectivity index (χ1v) is 6.49. The molecule has 0 saturated carbocycles. The average Bonchev–Trinajstić information content (AvgIpc) is 2.40. The Morgan fingerprint density at radius 3 is 2.50 bits per heavy atom. The number of hydrogen-bond acceptors (Lipinski definition) is 5. The first kappa shape index (κ1) is 16.5. The topological polar surface area (TPSA) is 59.1 Å². The van der Waals surface area contributed by atoms with E-state index < -0.39 is 11.9 Å². The standard InChI is InChI=1S/C12H19F3N4O/c1-3-5-17-11-18-9(12(13,14)15)8-10(19-11)16-6-7-20-4-2/h8H,3-7H2,1-2H3,(H2,16,17,18,19). The lowest BCUT2D eigenvalue weighted by Crippen LogP contribution is -2.16. The summed E-state index contributed by atoms with van der Waals surface area (Å²) in [6.45, 7) is 5.61. The number of alkyl halides is 3. The van der Waals surface area contributed by atoms with Crippen LogP contribution in [0.4, 0.5) is 24.9 Å². The summed E-state index contributed by atoms with van der Waals surface area (Å²) >= 11 is 0. The Morgan fingerprint density at radius 1 is 1.15 bits per heavy atom. The van der Waals surface area contributed by atoms with E-state index in [9.17, 15) is 13.2 Å². The molecule has 1 aromatic rings. The van der Waals surface area contributed by atoms with Crippen molar-refractivity contribution in [2.24, 2.45) is 0 Å². The Hall–Kier alpha value is -1.57. The van der Waals surface area contributed by atoms with Crippen LogP contribution in [-0.2, 0) is 10.9 Å². The zero-order chi connectivity index (χ0) is 15.0. The molecule has 0 aliphatic carbocycles. The number of halogens is 3. The third kappa shape index (κ3) is 5.60. The fraction of sp³-hybridized carbons (Fsp3) is 0.667. The predicted octanol–water partition coefficient (Wildman–Crippen LogP) is 2.77. The number of rotatable bonds is 8.